The number of aliphatic hydroxyl groups is 1. The molecule has 34 heavy (non-hydrogen) atoms. The van der Waals surface area contributed by atoms with Crippen LogP contribution in [0.4, 0.5) is 10.1 Å². The smallest absolute Gasteiger partial charge is 0.343 e. The molecule has 1 aromatic heterocycles. The van der Waals surface area contributed by atoms with Crippen molar-refractivity contribution in [3.8, 4) is 0 Å². The fraction of sp³-hybridized carbons (Fsp3) is 0.600. The summed E-state index contributed by atoms with van der Waals surface area (Å²) in [5.74, 6) is -1.14. The second-order valence-electron chi connectivity index (χ2n) is 9.59. The highest BCUT2D eigenvalue weighted by Gasteiger charge is 2.30. The Morgan fingerprint density at radius 3 is 2.85 bits per heavy atom. The molecule has 0 spiro atoms. The molecule has 4 heterocycles. The molecule has 9 heteroatoms. The third-order valence-electron chi connectivity index (χ3n) is 7.30. The van der Waals surface area contributed by atoms with Gasteiger partial charge in [-0.25, -0.2) is 9.18 Å². The first-order chi connectivity index (χ1) is 16.4. The van der Waals surface area contributed by atoms with Gasteiger partial charge in [0.05, 0.1) is 36.6 Å². The predicted octanol–water partition coefficient (Wildman–Crippen LogP) is 2.14. The normalized spacial score (nSPS) is 23.3. The number of ether oxygens (including phenoxy) is 2. The van der Waals surface area contributed by atoms with Crippen LogP contribution in [0.15, 0.2) is 17.1 Å². The second kappa shape index (κ2) is 9.64. The minimum absolute atomic E-state index is 0.0218. The Bertz CT molecular complexity index is 1140. The average Bonchev–Trinajstić information content (AvgIpc) is 2.84. The van der Waals surface area contributed by atoms with E-state index in [0.29, 0.717) is 63.1 Å². The molecule has 0 saturated carbocycles. The van der Waals surface area contributed by atoms with Crippen molar-refractivity contribution in [1.29, 1.82) is 0 Å². The number of benzene rings is 1. The molecular formula is C25H32FN3O5. The molecule has 3 aliphatic heterocycles. The zero-order valence-corrected chi connectivity index (χ0v) is 19.5. The molecule has 2 atom stereocenters. The van der Waals surface area contributed by atoms with E-state index in [-0.39, 0.29) is 35.8 Å². The number of esters is 1. The fourth-order valence-electron chi connectivity index (χ4n) is 5.38. The van der Waals surface area contributed by atoms with Crippen molar-refractivity contribution >= 4 is 22.6 Å². The van der Waals surface area contributed by atoms with Crippen molar-refractivity contribution in [1.82, 2.24) is 9.88 Å². The summed E-state index contributed by atoms with van der Waals surface area (Å²) in [6.07, 6.45) is 4.36. The largest absolute Gasteiger partial charge is 0.462 e. The van der Waals surface area contributed by atoms with Gasteiger partial charge in [-0.3, -0.25) is 4.79 Å². The van der Waals surface area contributed by atoms with Gasteiger partial charge < -0.3 is 29.4 Å². The third kappa shape index (κ3) is 4.32. The second-order valence-corrected chi connectivity index (χ2v) is 9.59. The lowest BCUT2D eigenvalue weighted by Gasteiger charge is -2.36. The number of piperidine rings is 1. The topological polar surface area (TPSA) is 93.0 Å². The van der Waals surface area contributed by atoms with Crippen molar-refractivity contribution < 1.29 is 23.8 Å². The number of pyridine rings is 1. The first kappa shape index (κ1) is 23.3. The van der Waals surface area contributed by atoms with Gasteiger partial charge >= 0.3 is 5.97 Å². The van der Waals surface area contributed by atoms with E-state index in [1.54, 1.807) is 6.20 Å². The molecule has 2 saturated heterocycles. The minimum atomic E-state index is -0.687. The van der Waals surface area contributed by atoms with E-state index in [1.165, 1.54) is 6.07 Å². The van der Waals surface area contributed by atoms with Crippen molar-refractivity contribution in [3.05, 3.63) is 39.4 Å². The number of nitrogens with zero attached hydrogens (tertiary/aromatic N) is 2. The van der Waals surface area contributed by atoms with E-state index in [0.717, 1.165) is 18.5 Å². The lowest BCUT2D eigenvalue weighted by Crippen LogP contribution is -2.39. The number of rotatable bonds is 5. The van der Waals surface area contributed by atoms with Gasteiger partial charge in [-0.1, -0.05) is 0 Å². The van der Waals surface area contributed by atoms with Crippen molar-refractivity contribution in [2.24, 2.45) is 0 Å². The molecule has 8 nitrogen and oxygen atoms in total. The lowest BCUT2D eigenvalue weighted by molar-refractivity contribution is 0.00499. The Kier molecular flexibility index (Phi) is 6.59. The molecule has 2 fully saturated rings. The van der Waals surface area contributed by atoms with E-state index in [1.807, 2.05) is 16.4 Å². The van der Waals surface area contributed by atoms with Crippen LogP contribution in [-0.4, -0.2) is 67.2 Å². The summed E-state index contributed by atoms with van der Waals surface area (Å²) in [7, 11) is 0. The molecule has 1 unspecified atom stereocenters. The van der Waals surface area contributed by atoms with E-state index < -0.39 is 17.2 Å². The Morgan fingerprint density at radius 1 is 1.32 bits per heavy atom. The molecule has 2 N–H and O–H groups in total. The van der Waals surface area contributed by atoms with Crippen LogP contribution >= 0.6 is 0 Å². The van der Waals surface area contributed by atoms with E-state index >= 15 is 4.39 Å². The average molecular weight is 474 g/mol. The number of hydrogen-bond donors (Lipinski definition) is 2. The molecule has 0 bridgehead atoms. The van der Waals surface area contributed by atoms with Crippen LogP contribution in [0.25, 0.3) is 10.9 Å². The SMILES string of the molecule is C[C@H]1CCc2c(N3CCC(O)CC3)c(F)cc3c(=O)c(C(=O)OCCC4CNCCO4)cn1c23. The van der Waals surface area contributed by atoms with Gasteiger partial charge in [0.15, 0.2) is 0 Å². The predicted molar refractivity (Wildman–Crippen MR) is 126 cm³/mol. The third-order valence-corrected chi connectivity index (χ3v) is 7.30. The summed E-state index contributed by atoms with van der Waals surface area (Å²) >= 11 is 0. The van der Waals surface area contributed by atoms with Crippen LogP contribution in [0.2, 0.25) is 0 Å². The number of aryl methyl sites for hydroxylation is 1. The van der Waals surface area contributed by atoms with Crippen LogP contribution < -0.4 is 15.6 Å². The molecule has 1 aromatic carbocycles. The number of anilines is 1. The quantitative estimate of drug-likeness (QED) is 0.643. The zero-order chi connectivity index (χ0) is 23.8. The summed E-state index contributed by atoms with van der Waals surface area (Å²) in [5.41, 5.74) is 1.47. The number of aromatic nitrogens is 1. The number of hydrogen-bond acceptors (Lipinski definition) is 7. The monoisotopic (exact) mass is 473 g/mol. The number of carbonyl (C=O) groups excluding carboxylic acids is 1. The van der Waals surface area contributed by atoms with Crippen molar-refractivity contribution in [2.75, 3.05) is 44.3 Å². The van der Waals surface area contributed by atoms with Crippen LogP contribution in [0.5, 0.6) is 0 Å². The van der Waals surface area contributed by atoms with Crippen molar-refractivity contribution in [3.63, 3.8) is 0 Å². The molecule has 0 radical (unpaired) electrons. The number of morpholine rings is 1. The Hall–Kier alpha value is -2.49. The van der Waals surface area contributed by atoms with Crippen molar-refractivity contribution in [2.45, 2.75) is 57.3 Å². The van der Waals surface area contributed by atoms with Gasteiger partial charge in [0, 0.05) is 55.8 Å². The van der Waals surface area contributed by atoms with Gasteiger partial charge in [-0.2, -0.15) is 0 Å². The fourth-order valence-corrected chi connectivity index (χ4v) is 5.38. The lowest BCUT2D eigenvalue weighted by atomic mass is 9.93. The van der Waals surface area contributed by atoms with Gasteiger partial charge in [0.25, 0.3) is 0 Å². The highest BCUT2D eigenvalue weighted by molar-refractivity contribution is 5.96. The molecule has 184 valence electrons. The molecule has 2 aromatic rings. The van der Waals surface area contributed by atoms with Gasteiger partial charge in [0.2, 0.25) is 5.43 Å². The van der Waals surface area contributed by atoms with Crippen LogP contribution in [-0.2, 0) is 15.9 Å². The number of carbonyl (C=O) groups is 1. The number of aliphatic hydroxyl groups excluding tert-OH is 1. The molecular weight excluding hydrogens is 441 g/mol. The summed E-state index contributed by atoms with van der Waals surface area (Å²) < 4.78 is 28.4. The van der Waals surface area contributed by atoms with E-state index in [9.17, 15) is 14.7 Å². The maximum absolute atomic E-state index is 15.4. The Balaban J connectivity index is 1.47. The highest BCUT2D eigenvalue weighted by Crippen LogP contribution is 2.38. The van der Waals surface area contributed by atoms with Crippen LogP contribution in [0.3, 0.4) is 0 Å². The van der Waals surface area contributed by atoms with Gasteiger partial charge in [-0.15, -0.1) is 0 Å². The van der Waals surface area contributed by atoms with Crippen LogP contribution in [0.1, 0.15) is 54.6 Å². The Labute approximate surface area is 197 Å². The highest BCUT2D eigenvalue weighted by atomic mass is 19.1. The first-order valence-electron chi connectivity index (χ1n) is 12.3. The number of nitrogens with one attached hydrogen (secondary N) is 1. The molecule has 5 rings (SSSR count). The molecule has 0 amide bonds. The van der Waals surface area contributed by atoms with Gasteiger partial charge in [-0.05, 0) is 38.7 Å². The number of halogens is 1. The molecule has 0 aliphatic carbocycles. The maximum atomic E-state index is 15.4. The van der Waals surface area contributed by atoms with Crippen LogP contribution in [0, 0.1) is 5.82 Å². The van der Waals surface area contributed by atoms with E-state index in [2.05, 4.69) is 5.32 Å². The van der Waals surface area contributed by atoms with Gasteiger partial charge in [0.1, 0.15) is 11.4 Å². The first-order valence-corrected chi connectivity index (χ1v) is 12.3. The summed E-state index contributed by atoms with van der Waals surface area (Å²) in [6, 6.07) is 1.33. The molecule has 3 aliphatic rings. The van der Waals surface area contributed by atoms with E-state index in [4.69, 9.17) is 9.47 Å². The maximum Gasteiger partial charge on any atom is 0.343 e. The zero-order valence-electron chi connectivity index (χ0n) is 19.5. The Morgan fingerprint density at radius 2 is 2.12 bits per heavy atom. The minimum Gasteiger partial charge on any atom is -0.462 e. The summed E-state index contributed by atoms with van der Waals surface area (Å²) in [4.78, 5) is 28.1. The summed E-state index contributed by atoms with van der Waals surface area (Å²) in [6.45, 7) is 5.47. The summed E-state index contributed by atoms with van der Waals surface area (Å²) in [5, 5.41) is 13.3. The standard InChI is InChI=1S/C25H32FN3O5/c1-15-2-3-18-22-19(12-21(26)23(18)28-8-4-16(30)5-9-28)24(31)20(14-29(15)22)25(32)34-10-6-17-13-27-7-11-33-17/h12,14-17,27,30H,2-11,13H2,1H3/t15-,17?/m0/s1.